The lowest BCUT2D eigenvalue weighted by atomic mass is 9.88. The van der Waals surface area contributed by atoms with Crippen molar-refractivity contribution in [2.24, 2.45) is 11.3 Å². The largest absolute Gasteiger partial charge is 0.464 e. The van der Waals surface area contributed by atoms with E-state index in [4.69, 9.17) is 9.52 Å². The second-order valence-electron chi connectivity index (χ2n) is 6.72. The van der Waals surface area contributed by atoms with Crippen molar-refractivity contribution < 1.29 is 9.52 Å². The molecule has 1 aromatic heterocycles. The second-order valence-corrected chi connectivity index (χ2v) is 6.72. The monoisotopic (exact) mass is 265 g/mol. The van der Waals surface area contributed by atoms with Gasteiger partial charge in [-0.1, -0.05) is 20.8 Å². The molecule has 19 heavy (non-hydrogen) atoms. The molecule has 3 nitrogen and oxygen atoms in total. The van der Waals surface area contributed by atoms with Crippen LogP contribution in [0, 0.1) is 11.3 Å². The molecular formula is C16H27NO2. The number of hydrogen-bond acceptors (Lipinski definition) is 3. The smallest absolute Gasteiger partial charge is 0.117 e. The maximum atomic E-state index is 8.88. The summed E-state index contributed by atoms with van der Waals surface area (Å²) >= 11 is 0. The number of aliphatic hydroxyl groups excluding tert-OH is 1. The van der Waals surface area contributed by atoms with E-state index in [9.17, 15) is 0 Å². The normalized spacial score (nSPS) is 22.7. The fourth-order valence-corrected chi connectivity index (χ4v) is 2.58. The Morgan fingerprint density at radius 1 is 1.42 bits per heavy atom. The van der Waals surface area contributed by atoms with E-state index in [1.807, 2.05) is 0 Å². The molecular weight excluding hydrogens is 238 g/mol. The van der Waals surface area contributed by atoms with Crippen LogP contribution in [0.15, 0.2) is 16.5 Å². The van der Waals surface area contributed by atoms with Crippen LogP contribution in [0.3, 0.4) is 0 Å². The van der Waals surface area contributed by atoms with Gasteiger partial charge in [0, 0.05) is 19.1 Å². The highest BCUT2D eigenvalue weighted by Gasteiger charge is 2.36. The summed E-state index contributed by atoms with van der Waals surface area (Å²) in [4.78, 5) is 0. The van der Waals surface area contributed by atoms with Gasteiger partial charge in [-0.15, -0.1) is 0 Å². The Balaban J connectivity index is 1.72. The molecule has 0 bridgehead atoms. The summed E-state index contributed by atoms with van der Waals surface area (Å²) in [7, 11) is 0. The molecule has 0 aromatic carbocycles. The zero-order valence-electron chi connectivity index (χ0n) is 12.4. The molecule has 0 radical (unpaired) electrons. The standard InChI is InChI=1S/C16H27NO2/c1-12-9-14(12)15-6-5-13(19-15)10-17-11-16(2,3)7-4-8-18/h5-6,12,14,17-18H,4,7-11H2,1-3H3. The fourth-order valence-electron chi connectivity index (χ4n) is 2.58. The lowest BCUT2D eigenvalue weighted by Crippen LogP contribution is -2.29. The molecule has 2 N–H and O–H groups in total. The molecule has 108 valence electrons. The molecule has 2 atom stereocenters. The van der Waals surface area contributed by atoms with Crippen LogP contribution < -0.4 is 5.32 Å². The van der Waals surface area contributed by atoms with Gasteiger partial charge in [-0.3, -0.25) is 0 Å². The molecule has 2 unspecified atom stereocenters. The van der Waals surface area contributed by atoms with Crippen molar-refractivity contribution >= 4 is 0 Å². The van der Waals surface area contributed by atoms with Crippen molar-refractivity contribution in [1.29, 1.82) is 0 Å². The lowest BCUT2D eigenvalue weighted by Gasteiger charge is -2.24. The van der Waals surface area contributed by atoms with Crippen LogP contribution in [0.2, 0.25) is 0 Å². The Kier molecular flexibility index (Phi) is 4.69. The van der Waals surface area contributed by atoms with Crippen molar-refractivity contribution in [3.05, 3.63) is 23.7 Å². The van der Waals surface area contributed by atoms with Crippen LogP contribution in [0.5, 0.6) is 0 Å². The molecule has 1 aliphatic rings. The highest BCUT2D eigenvalue weighted by Crippen LogP contribution is 2.47. The van der Waals surface area contributed by atoms with E-state index in [2.05, 4.69) is 38.2 Å². The van der Waals surface area contributed by atoms with Gasteiger partial charge in [0.15, 0.2) is 0 Å². The van der Waals surface area contributed by atoms with Crippen LogP contribution >= 0.6 is 0 Å². The van der Waals surface area contributed by atoms with E-state index < -0.39 is 0 Å². The first-order chi connectivity index (χ1) is 9.02. The second kappa shape index (κ2) is 6.10. The minimum Gasteiger partial charge on any atom is -0.464 e. The zero-order valence-corrected chi connectivity index (χ0v) is 12.4. The lowest BCUT2D eigenvalue weighted by molar-refractivity contribution is 0.235. The van der Waals surface area contributed by atoms with Gasteiger partial charge in [-0.05, 0) is 42.7 Å². The SMILES string of the molecule is CC1CC1c1ccc(CNCC(C)(C)CCCO)o1. The molecule has 1 saturated carbocycles. The van der Waals surface area contributed by atoms with Crippen LogP contribution in [0.1, 0.15) is 57.5 Å². The topological polar surface area (TPSA) is 45.4 Å². The van der Waals surface area contributed by atoms with Gasteiger partial charge in [0.05, 0.1) is 6.54 Å². The number of aliphatic hydroxyl groups is 1. The van der Waals surface area contributed by atoms with Gasteiger partial charge >= 0.3 is 0 Å². The number of rotatable bonds is 8. The molecule has 3 heteroatoms. The van der Waals surface area contributed by atoms with Crippen molar-refractivity contribution in [2.75, 3.05) is 13.2 Å². The Hall–Kier alpha value is -0.800. The number of nitrogens with one attached hydrogen (secondary N) is 1. The van der Waals surface area contributed by atoms with Gasteiger partial charge < -0.3 is 14.8 Å². The predicted octanol–water partition coefficient (Wildman–Crippen LogP) is 3.29. The third-order valence-electron chi connectivity index (χ3n) is 4.07. The average Bonchev–Trinajstić information content (AvgIpc) is 2.89. The molecule has 0 aliphatic heterocycles. The average molecular weight is 265 g/mol. The Bertz CT molecular complexity index is 397. The highest BCUT2D eigenvalue weighted by atomic mass is 16.3. The third-order valence-corrected chi connectivity index (χ3v) is 4.07. The first-order valence-electron chi connectivity index (χ1n) is 7.42. The molecule has 1 fully saturated rings. The zero-order chi connectivity index (χ0) is 13.9. The number of hydrogen-bond donors (Lipinski definition) is 2. The van der Waals surface area contributed by atoms with Crippen molar-refractivity contribution in [2.45, 2.75) is 52.5 Å². The minimum absolute atomic E-state index is 0.225. The Morgan fingerprint density at radius 2 is 2.16 bits per heavy atom. The first kappa shape index (κ1) is 14.6. The van der Waals surface area contributed by atoms with Gasteiger partial charge in [0.2, 0.25) is 0 Å². The van der Waals surface area contributed by atoms with E-state index in [0.717, 1.165) is 43.4 Å². The molecule has 1 heterocycles. The Labute approximate surface area is 116 Å². The van der Waals surface area contributed by atoms with Crippen LogP contribution in [0.25, 0.3) is 0 Å². The molecule has 2 rings (SSSR count). The molecule has 0 saturated heterocycles. The van der Waals surface area contributed by atoms with E-state index in [-0.39, 0.29) is 12.0 Å². The molecule has 1 aliphatic carbocycles. The van der Waals surface area contributed by atoms with Crippen LogP contribution in [-0.4, -0.2) is 18.3 Å². The van der Waals surface area contributed by atoms with E-state index in [1.165, 1.54) is 6.42 Å². The summed E-state index contributed by atoms with van der Waals surface area (Å²) in [5.74, 6) is 3.65. The van der Waals surface area contributed by atoms with Gasteiger partial charge in [-0.25, -0.2) is 0 Å². The van der Waals surface area contributed by atoms with Gasteiger partial charge in [0.25, 0.3) is 0 Å². The summed E-state index contributed by atoms with van der Waals surface area (Å²) in [5, 5.41) is 12.3. The summed E-state index contributed by atoms with van der Waals surface area (Å²) in [6, 6.07) is 4.22. The van der Waals surface area contributed by atoms with Gasteiger partial charge in [-0.2, -0.15) is 0 Å². The summed E-state index contributed by atoms with van der Waals surface area (Å²) in [5.41, 5.74) is 0.225. The maximum Gasteiger partial charge on any atom is 0.117 e. The summed E-state index contributed by atoms with van der Waals surface area (Å²) < 4.78 is 5.87. The summed E-state index contributed by atoms with van der Waals surface area (Å²) in [6.45, 7) is 8.76. The van der Waals surface area contributed by atoms with Crippen molar-refractivity contribution in [3.63, 3.8) is 0 Å². The quantitative estimate of drug-likeness (QED) is 0.758. The molecule has 1 aromatic rings. The summed E-state index contributed by atoms with van der Waals surface area (Å²) in [6.07, 6.45) is 3.19. The van der Waals surface area contributed by atoms with Gasteiger partial charge in [0.1, 0.15) is 11.5 Å². The van der Waals surface area contributed by atoms with Crippen molar-refractivity contribution in [1.82, 2.24) is 5.32 Å². The van der Waals surface area contributed by atoms with Crippen molar-refractivity contribution in [3.8, 4) is 0 Å². The highest BCUT2D eigenvalue weighted by molar-refractivity contribution is 5.17. The minimum atomic E-state index is 0.225. The van der Waals surface area contributed by atoms with E-state index in [0.29, 0.717) is 5.92 Å². The maximum absolute atomic E-state index is 8.88. The molecule has 0 amide bonds. The van der Waals surface area contributed by atoms with E-state index in [1.54, 1.807) is 0 Å². The third kappa shape index (κ3) is 4.36. The predicted molar refractivity (Wildman–Crippen MR) is 77.0 cm³/mol. The molecule has 0 spiro atoms. The number of furan rings is 1. The van der Waals surface area contributed by atoms with Crippen LogP contribution in [-0.2, 0) is 6.54 Å². The van der Waals surface area contributed by atoms with Crippen LogP contribution in [0.4, 0.5) is 0 Å². The fraction of sp³-hybridized carbons (Fsp3) is 0.750. The first-order valence-corrected chi connectivity index (χ1v) is 7.42. The Morgan fingerprint density at radius 3 is 2.79 bits per heavy atom. The van der Waals surface area contributed by atoms with E-state index >= 15 is 0 Å².